The van der Waals surface area contributed by atoms with Crippen LogP contribution in [0, 0.1) is 6.92 Å². The Labute approximate surface area is 118 Å². The van der Waals surface area contributed by atoms with Crippen molar-refractivity contribution >= 4 is 11.9 Å². The summed E-state index contributed by atoms with van der Waals surface area (Å²) in [5.41, 5.74) is -0.524. The molecule has 0 spiro atoms. The van der Waals surface area contributed by atoms with Gasteiger partial charge in [-0.05, 0) is 27.7 Å². The van der Waals surface area contributed by atoms with Crippen LogP contribution in [0.25, 0.3) is 0 Å². The van der Waals surface area contributed by atoms with Crippen LogP contribution in [-0.4, -0.2) is 34.2 Å². The number of esters is 1. The fourth-order valence-corrected chi connectivity index (χ4v) is 1.45. The lowest BCUT2D eigenvalue weighted by molar-refractivity contribution is -0.155. The number of aryl methyl sites for hydroxylation is 1. The summed E-state index contributed by atoms with van der Waals surface area (Å²) in [4.78, 5) is 27.0. The Balaban J connectivity index is 2.16. The minimum atomic E-state index is -0.524. The second kappa shape index (κ2) is 7.02. The monoisotopic (exact) mass is 283 g/mol. The minimum Gasteiger partial charge on any atom is -0.460 e. The van der Waals surface area contributed by atoms with Gasteiger partial charge in [0.1, 0.15) is 5.60 Å². The van der Waals surface area contributed by atoms with Crippen molar-refractivity contribution in [2.75, 3.05) is 6.54 Å². The summed E-state index contributed by atoms with van der Waals surface area (Å²) < 4.78 is 10.0. The highest BCUT2D eigenvalue weighted by atomic mass is 16.6. The Morgan fingerprint density at radius 1 is 1.30 bits per heavy atom. The molecule has 7 nitrogen and oxygen atoms in total. The van der Waals surface area contributed by atoms with E-state index in [0.717, 1.165) is 0 Å². The van der Waals surface area contributed by atoms with Crippen molar-refractivity contribution < 1.29 is 18.8 Å². The van der Waals surface area contributed by atoms with Gasteiger partial charge in [-0.1, -0.05) is 5.16 Å². The molecule has 0 fully saturated rings. The predicted octanol–water partition coefficient (Wildman–Crippen LogP) is 1.16. The van der Waals surface area contributed by atoms with Crippen LogP contribution < -0.4 is 5.32 Å². The van der Waals surface area contributed by atoms with Gasteiger partial charge in [-0.3, -0.25) is 9.59 Å². The fourth-order valence-electron chi connectivity index (χ4n) is 1.45. The molecule has 20 heavy (non-hydrogen) atoms. The van der Waals surface area contributed by atoms with Crippen molar-refractivity contribution in [3.63, 3.8) is 0 Å². The van der Waals surface area contributed by atoms with E-state index in [9.17, 15) is 9.59 Å². The first-order valence-electron chi connectivity index (χ1n) is 6.54. The van der Waals surface area contributed by atoms with E-state index in [0.29, 0.717) is 24.7 Å². The number of carbonyl (C=O) groups excluding carboxylic acids is 2. The molecule has 1 aromatic rings. The predicted molar refractivity (Wildman–Crippen MR) is 70.8 cm³/mol. The first kappa shape index (κ1) is 16.1. The molecule has 0 radical (unpaired) electrons. The Kier molecular flexibility index (Phi) is 5.66. The molecular weight excluding hydrogens is 262 g/mol. The van der Waals surface area contributed by atoms with E-state index in [1.807, 2.05) is 0 Å². The van der Waals surface area contributed by atoms with E-state index in [2.05, 4.69) is 15.5 Å². The lowest BCUT2D eigenvalue weighted by atomic mass is 10.2. The SMILES string of the molecule is Cc1noc(CCNC(=O)CCC(=O)OC(C)(C)C)n1. The van der Waals surface area contributed by atoms with Crippen LogP contribution >= 0.6 is 0 Å². The van der Waals surface area contributed by atoms with Gasteiger partial charge in [0.25, 0.3) is 0 Å². The van der Waals surface area contributed by atoms with Gasteiger partial charge in [-0.25, -0.2) is 0 Å². The second-order valence-corrected chi connectivity index (χ2v) is 5.42. The highest BCUT2D eigenvalue weighted by molar-refractivity contribution is 5.81. The Hall–Kier alpha value is -1.92. The summed E-state index contributed by atoms with van der Waals surface area (Å²) in [6.07, 6.45) is 0.652. The molecule has 0 aliphatic rings. The van der Waals surface area contributed by atoms with E-state index in [4.69, 9.17) is 9.26 Å². The highest BCUT2D eigenvalue weighted by Crippen LogP contribution is 2.09. The lowest BCUT2D eigenvalue weighted by Gasteiger charge is -2.19. The van der Waals surface area contributed by atoms with Gasteiger partial charge in [0.05, 0.1) is 6.42 Å². The molecule has 1 amide bonds. The minimum absolute atomic E-state index is 0.0722. The first-order chi connectivity index (χ1) is 9.26. The van der Waals surface area contributed by atoms with E-state index in [1.165, 1.54) is 0 Å². The van der Waals surface area contributed by atoms with Crippen molar-refractivity contribution in [2.24, 2.45) is 0 Å². The smallest absolute Gasteiger partial charge is 0.306 e. The van der Waals surface area contributed by atoms with Crippen molar-refractivity contribution in [1.29, 1.82) is 0 Å². The van der Waals surface area contributed by atoms with Crippen LogP contribution in [0.2, 0.25) is 0 Å². The number of nitrogens with zero attached hydrogens (tertiary/aromatic N) is 2. The average Bonchev–Trinajstić information content (AvgIpc) is 2.70. The Morgan fingerprint density at radius 2 is 2.00 bits per heavy atom. The maximum absolute atomic E-state index is 11.5. The molecule has 0 saturated carbocycles. The number of amides is 1. The Bertz CT molecular complexity index is 462. The van der Waals surface area contributed by atoms with Gasteiger partial charge >= 0.3 is 5.97 Å². The number of ether oxygens (including phenoxy) is 1. The zero-order valence-electron chi connectivity index (χ0n) is 12.4. The third-order valence-electron chi connectivity index (χ3n) is 2.21. The van der Waals surface area contributed by atoms with Gasteiger partial charge in [-0.2, -0.15) is 4.98 Å². The third-order valence-corrected chi connectivity index (χ3v) is 2.21. The van der Waals surface area contributed by atoms with Crippen molar-refractivity contribution in [3.8, 4) is 0 Å². The molecule has 1 aromatic heterocycles. The van der Waals surface area contributed by atoms with E-state index in [-0.39, 0.29) is 24.7 Å². The van der Waals surface area contributed by atoms with Crippen molar-refractivity contribution in [1.82, 2.24) is 15.5 Å². The van der Waals surface area contributed by atoms with E-state index >= 15 is 0 Å². The van der Waals surface area contributed by atoms with Crippen LogP contribution in [0.15, 0.2) is 4.52 Å². The normalized spacial score (nSPS) is 11.2. The van der Waals surface area contributed by atoms with Crippen LogP contribution in [0.4, 0.5) is 0 Å². The summed E-state index contributed by atoms with van der Waals surface area (Å²) in [5, 5.41) is 6.33. The summed E-state index contributed by atoms with van der Waals surface area (Å²) in [5.74, 6) is 0.471. The first-order valence-corrected chi connectivity index (χ1v) is 6.54. The van der Waals surface area contributed by atoms with Crippen LogP contribution in [0.3, 0.4) is 0 Å². The van der Waals surface area contributed by atoms with Gasteiger partial charge in [0, 0.05) is 19.4 Å². The second-order valence-electron chi connectivity index (χ2n) is 5.42. The molecule has 112 valence electrons. The highest BCUT2D eigenvalue weighted by Gasteiger charge is 2.17. The molecule has 0 unspecified atom stereocenters. The van der Waals surface area contributed by atoms with Crippen LogP contribution in [0.5, 0.6) is 0 Å². The molecule has 0 bridgehead atoms. The number of hydrogen-bond acceptors (Lipinski definition) is 6. The maximum atomic E-state index is 11.5. The summed E-state index contributed by atoms with van der Waals surface area (Å²) in [6, 6.07) is 0. The number of hydrogen-bond donors (Lipinski definition) is 1. The van der Waals surface area contributed by atoms with Gasteiger partial charge in [0.15, 0.2) is 5.82 Å². The summed E-state index contributed by atoms with van der Waals surface area (Å²) in [7, 11) is 0. The van der Waals surface area contributed by atoms with Gasteiger partial charge in [0.2, 0.25) is 11.8 Å². The zero-order valence-corrected chi connectivity index (χ0v) is 12.4. The van der Waals surface area contributed by atoms with Gasteiger partial charge in [-0.15, -0.1) is 0 Å². The van der Waals surface area contributed by atoms with E-state index < -0.39 is 5.60 Å². The molecule has 0 aliphatic heterocycles. The topological polar surface area (TPSA) is 94.3 Å². The van der Waals surface area contributed by atoms with Crippen LogP contribution in [-0.2, 0) is 20.7 Å². The molecule has 1 rings (SSSR count). The molecule has 0 aliphatic carbocycles. The zero-order chi connectivity index (χ0) is 15.2. The lowest BCUT2D eigenvalue weighted by Crippen LogP contribution is -2.28. The average molecular weight is 283 g/mol. The largest absolute Gasteiger partial charge is 0.460 e. The molecule has 0 aromatic carbocycles. The van der Waals surface area contributed by atoms with Crippen molar-refractivity contribution in [2.45, 2.75) is 52.6 Å². The number of aromatic nitrogens is 2. The van der Waals surface area contributed by atoms with Crippen molar-refractivity contribution in [3.05, 3.63) is 11.7 Å². The summed E-state index contributed by atoms with van der Waals surface area (Å²) in [6.45, 7) is 7.49. The quantitative estimate of drug-likeness (QED) is 0.787. The molecule has 1 N–H and O–H groups in total. The maximum Gasteiger partial charge on any atom is 0.306 e. The molecule has 7 heteroatoms. The van der Waals surface area contributed by atoms with Gasteiger partial charge < -0.3 is 14.6 Å². The number of nitrogens with one attached hydrogen (secondary N) is 1. The number of carbonyl (C=O) groups is 2. The third kappa shape index (κ3) is 6.86. The van der Waals surface area contributed by atoms with Crippen LogP contribution in [0.1, 0.15) is 45.3 Å². The standard InChI is InChI=1S/C13H21N3O4/c1-9-15-11(20-16-9)7-8-14-10(17)5-6-12(18)19-13(2,3)4/h5-8H2,1-4H3,(H,14,17). The fraction of sp³-hybridized carbons (Fsp3) is 0.692. The molecular formula is C13H21N3O4. The Morgan fingerprint density at radius 3 is 2.55 bits per heavy atom. The molecule has 0 atom stereocenters. The molecule has 1 heterocycles. The molecule has 0 saturated heterocycles. The van der Waals surface area contributed by atoms with E-state index in [1.54, 1.807) is 27.7 Å². The number of rotatable bonds is 6. The summed E-state index contributed by atoms with van der Waals surface area (Å²) >= 11 is 0.